The summed E-state index contributed by atoms with van der Waals surface area (Å²) < 4.78 is 2.20. The number of nitrogens with zero attached hydrogens (tertiary/aromatic N) is 3. The Bertz CT molecular complexity index is 3250. The number of para-hydroxylation sites is 3. The van der Waals surface area contributed by atoms with Crippen molar-refractivity contribution in [3.05, 3.63) is 200 Å². The molecule has 0 amide bonds. The lowest BCUT2D eigenvalue weighted by Crippen LogP contribution is -1.98. The topological polar surface area (TPSA) is 30.7 Å². The third-order valence-corrected chi connectivity index (χ3v) is 11.0. The highest BCUT2D eigenvalue weighted by Crippen LogP contribution is 2.45. The van der Waals surface area contributed by atoms with Gasteiger partial charge in [-0.05, 0) is 119 Å². The maximum absolute atomic E-state index is 5.06. The molecule has 2 aromatic heterocycles. The summed E-state index contributed by atoms with van der Waals surface area (Å²) >= 11 is 0. The van der Waals surface area contributed by atoms with Crippen molar-refractivity contribution in [2.24, 2.45) is 0 Å². The number of pyridine rings is 1. The van der Waals surface area contributed by atoms with Crippen molar-refractivity contribution in [2.45, 2.75) is 0 Å². The van der Waals surface area contributed by atoms with Gasteiger partial charge in [-0.1, -0.05) is 146 Å². The molecule has 0 saturated carbocycles. The molecule has 256 valence electrons. The third-order valence-electron chi connectivity index (χ3n) is 11.0. The molecular weight excluding hydrogens is 667 g/mol. The summed E-state index contributed by atoms with van der Waals surface area (Å²) in [6.45, 7) is 0. The lowest BCUT2D eigenvalue weighted by Gasteiger charge is -2.19. The highest BCUT2D eigenvalue weighted by Gasteiger charge is 2.19. The van der Waals surface area contributed by atoms with Crippen molar-refractivity contribution >= 4 is 54.1 Å². The van der Waals surface area contributed by atoms with Crippen LogP contribution < -0.4 is 0 Å². The molecular formula is C52H33N3. The van der Waals surface area contributed by atoms with Crippen LogP contribution in [0, 0.1) is 0 Å². The number of benzene rings is 9. The normalized spacial score (nSPS) is 11.6. The Balaban J connectivity index is 1.12. The van der Waals surface area contributed by atoms with Crippen molar-refractivity contribution in [3.63, 3.8) is 0 Å². The van der Waals surface area contributed by atoms with E-state index >= 15 is 0 Å². The van der Waals surface area contributed by atoms with Gasteiger partial charge in [0.1, 0.15) is 5.69 Å². The Morgan fingerprint density at radius 1 is 0.364 bits per heavy atom. The summed E-state index contributed by atoms with van der Waals surface area (Å²) in [7, 11) is 0. The fraction of sp³-hybridized carbons (Fsp3) is 0. The monoisotopic (exact) mass is 699 g/mol. The molecule has 0 spiro atoms. The van der Waals surface area contributed by atoms with E-state index in [9.17, 15) is 0 Å². The SMILES string of the molecule is c1ccc(-n2c(-c3ccc(-c4ccc5c(-c6ccc7ccccc7c6)c6ccccc6c(-c6ccc7ccccc7c6)c5c4)cn3)nc3ccccc32)cc1. The van der Waals surface area contributed by atoms with Crippen LogP contribution in [0.15, 0.2) is 200 Å². The number of rotatable bonds is 5. The molecule has 2 heterocycles. The standard InChI is InChI=1S/C52H33N3/c1-2-16-42(17-3-1)55-49-21-11-10-20-47(49)54-52(55)48-29-27-41(33-53-48)38-26-28-45-46(32-38)51(40-25-23-35-13-5-7-15-37(35)31-40)44-19-9-8-18-43(44)50(45)39-24-22-34-12-4-6-14-36(34)30-39/h1-33H. The predicted molar refractivity (Wildman–Crippen MR) is 231 cm³/mol. The molecule has 3 nitrogen and oxygen atoms in total. The number of hydrogen-bond acceptors (Lipinski definition) is 2. The molecule has 0 unspecified atom stereocenters. The molecule has 0 fully saturated rings. The van der Waals surface area contributed by atoms with Gasteiger partial charge in [0.05, 0.1) is 11.0 Å². The highest BCUT2D eigenvalue weighted by molar-refractivity contribution is 6.22. The quantitative estimate of drug-likeness (QED) is 0.167. The van der Waals surface area contributed by atoms with E-state index in [0.29, 0.717) is 0 Å². The molecule has 0 N–H and O–H groups in total. The molecule has 55 heavy (non-hydrogen) atoms. The van der Waals surface area contributed by atoms with Crippen molar-refractivity contribution in [2.75, 3.05) is 0 Å². The van der Waals surface area contributed by atoms with Gasteiger partial charge in [-0.25, -0.2) is 4.98 Å². The van der Waals surface area contributed by atoms with Crippen LogP contribution in [-0.4, -0.2) is 14.5 Å². The maximum atomic E-state index is 5.06. The summed E-state index contributed by atoms with van der Waals surface area (Å²) in [5.41, 5.74) is 11.0. The van der Waals surface area contributed by atoms with Crippen LogP contribution in [0.25, 0.3) is 105 Å². The van der Waals surface area contributed by atoms with Gasteiger partial charge in [0, 0.05) is 17.4 Å². The van der Waals surface area contributed by atoms with Gasteiger partial charge < -0.3 is 0 Å². The van der Waals surface area contributed by atoms with E-state index in [0.717, 1.165) is 39.4 Å². The molecule has 0 aliphatic heterocycles. The van der Waals surface area contributed by atoms with Gasteiger partial charge in [0.25, 0.3) is 0 Å². The number of aromatic nitrogens is 3. The summed E-state index contributed by atoms with van der Waals surface area (Å²) in [6.07, 6.45) is 1.99. The minimum Gasteiger partial charge on any atom is -0.291 e. The van der Waals surface area contributed by atoms with Crippen LogP contribution in [-0.2, 0) is 0 Å². The first kappa shape index (κ1) is 31.2. The minimum atomic E-state index is 0.822. The van der Waals surface area contributed by atoms with Gasteiger partial charge in [0.15, 0.2) is 5.82 Å². The molecule has 0 radical (unpaired) electrons. The van der Waals surface area contributed by atoms with Gasteiger partial charge in [-0.2, -0.15) is 0 Å². The zero-order valence-corrected chi connectivity index (χ0v) is 29.9. The average molecular weight is 700 g/mol. The van der Waals surface area contributed by atoms with E-state index in [4.69, 9.17) is 9.97 Å². The fourth-order valence-electron chi connectivity index (χ4n) is 8.40. The first-order chi connectivity index (χ1) is 27.3. The highest BCUT2D eigenvalue weighted by atomic mass is 15.1. The number of imidazole rings is 1. The third kappa shape index (κ3) is 5.20. The van der Waals surface area contributed by atoms with Crippen LogP contribution >= 0.6 is 0 Å². The first-order valence-electron chi connectivity index (χ1n) is 18.7. The molecule has 0 bridgehead atoms. The molecule has 11 aromatic rings. The Morgan fingerprint density at radius 3 is 1.58 bits per heavy atom. The van der Waals surface area contributed by atoms with E-state index in [1.807, 2.05) is 18.3 Å². The smallest absolute Gasteiger partial charge is 0.164 e. The van der Waals surface area contributed by atoms with Gasteiger partial charge in [-0.3, -0.25) is 9.55 Å². The van der Waals surface area contributed by atoms with Gasteiger partial charge >= 0.3 is 0 Å². The second kappa shape index (κ2) is 12.6. The number of hydrogen-bond donors (Lipinski definition) is 0. The molecule has 0 aliphatic carbocycles. The fourth-order valence-corrected chi connectivity index (χ4v) is 8.40. The van der Waals surface area contributed by atoms with Crippen LogP contribution in [0.2, 0.25) is 0 Å². The molecule has 0 atom stereocenters. The number of fused-ring (bicyclic) bond motifs is 5. The van der Waals surface area contributed by atoms with E-state index in [-0.39, 0.29) is 0 Å². The predicted octanol–water partition coefficient (Wildman–Crippen LogP) is 13.7. The summed E-state index contributed by atoms with van der Waals surface area (Å²) in [5, 5.41) is 9.86. The summed E-state index contributed by atoms with van der Waals surface area (Å²) in [6, 6.07) is 69.7. The second-order valence-electron chi connectivity index (χ2n) is 14.2. The lowest BCUT2D eigenvalue weighted by molar-refractivity contribution is 1.08. The van der Waals surface area contributed by atoms with Gasteiger partial charge in [-0.15, -0.1) is 0 Å². The Labute approximate surface area is 318 Å². The van der Waals surface area contributed by atoms with E-state index < -0.39 is 0 Å². The zero-order chi connectivity index (χ0) is 36.3. The maximum Gasteiger partial charge on any atom is 0.164 e. The molecule has 11 rings (SSSR count). The van der Waals surface area contributed by atoms with Crippen LogP contribution in [0.1, 0.15) is 0 Å². The van der Waals surface area contributed by atoms with Crippen LogP contribution in [0.3, 0.4) is 0 Å². The molecule has 3 heteroatoms. The second-order valence-corrected chi connectivity index (χ2v) is 14.2. The van der Waals surface area contributed by atoms with Gasteiger partial charge in [0.2, 0.25) is 0 Å². The van der Waals surface area contributed by atoms with Crippen LogP contribution in [0.4, 0.5) is 0 Å². The Morgan fingerprint density at radius 2 is 0.909 bits per heavy atom. The first-order valence-corrected chi connectivity index (χ1v) is 18.7. The lowest BCUT2D eigenvalue weighted by atomic mass is 9.84. The average Bonchev–Trinajstić information content (AvgIpc) is 3.65. The van der Waals surface area contributed by atoms with Crippen molar-refractivity contribution < 1.29 is 0 Å². The molecule has 9 aromatic carbocycles. The minimum absolute atomic E-state index is 0.822. The van der Waals surface area contributed by atoms with E-state index in [1.54, 1.807) is 0 Å². The van der Waals surface area contributed by atoms with Crippen molar-refractivity contribution in [3.8, 4) is 50.6 Å². The summed E-state index contributed by atoms with van der Waals surface area (Å²) in [4.78, 5) is 10.1. The van der Waals surface area contributed by atoms with Crippen LogP contribution in [0.5, 0.6) is 0 Å². The Hall–Kier alpha value is -7.36. The summed E-state index contributed by atoms with van der Waals surface area (Å²) in [5.74, 6) is 0.822. The van der Waals surface area contributed by atoms with E-state index in [2.05, 4.69) is 187 Å². The van der Waals surface area contributed by atoms with Crippen molar-refractivity contribution in [1.82, 2.24) is 14.5 Å². The van der Waals surface area contributed by atoms with E-state index in [1.165, 1.54) is 65.3 Å². The molecule has 0 saturated heterocycles. The zero-order valence-electron chi connectivity index (χ0n) is 29.9. The molecule has 0 aliphatic rings. The Kier molecular flexibility index (Phi) is 7.17. The largest absolute Gasteiger partial charge is 0.291 e. The van der Waals surface area contributed by atoms with Crippen molar-refractivity contribution in [1.29, 1.82) is 0 Å².